The number of benzene rings is 2. The first kappa shape index (κ1) is 42.1. The molecule has 0 unspecified atom stereocenters. The lowest BCUT2D eigenvalue weighted by atomic mass is 10.2. The molecule has 0 saturated heterocycles. The van der Waals surface area contributed by atoms with E-state index >= 15 is 0 Å². The molecule has 8 aliphatic rings. The van der Waals surface area contributed by atoms with Gasteiger partial charge in [0, 0.05) is 48.6 Å². The zero-order valence-corrected chi connectivity index (χ0v) is 41.0. The van der Waals surface area contributed by atoms with Crippen molar-refractivity contribution in [3.63, 3.8) is 0 Å². The monoisotopic (exact) mass is 976 g/mol. The molecule has 8 aliphatic heterocycles. The van der Waals surface area contributed by atoms with Crippen LogP contribution in [0.4, 0.5) is 0 Å². The van der Waals surface area contributed by atoms with Gasteiger partial charge in [-0.05, 0) is 59.1 Å². The van der Waals surface area contributed by atoms with E-state index in [1.165, 1.54) is 74.4 Å². The van der Waals surface area contributed by atoms with Crippen LogP contribution in [0.5, 0.6) is 0 Å². The fraction of sp³-hybridized carbons (Fsp3) is 0.222. The van der Waals surface area contributed by atoms with Crippen LogP contribution in [-0.4, -0.2) is 24.0 Å². The maximum atomic E-state index is 4.53. The second-order valence-corrected chi connectivity index (χ2v) is 28.2. The van der Waals surface area contributed by atoms with Gasteiger partial charge in [-0.1, -0.05) is 143 Å². The molecular weight excluding hydrogens is 945 g/mol. The lowest BCUT2D eigenvalue weighted by Gasteiger charge is -2.09. The largest absolute Gasteiger partial charge is 0.174 e. The highest BCUT2D eigenvalue weighted by molar-refractivity contribution is 8.42. The van der Waals surface area contributed by atoms with Gasteiger partial charge < -0.3 is 0 Å². The van der Waals surface area contributed by atoms with Gasteiger partial charge in [0.2, 0.25) is 0 Å². The Morgan fingerprint density at radius 2 is 0.712 bits per heavy atom. The molecule has 0 saturated carbocycles. The molecule has 0 radical (unpaired) electrons. The molecule has 0 fully saturated rings. The molecule has 10 rings (SSSR count). The molecule has 0 N–H and O–H groups in total. The minimum Gasteiger partial charge on any atom is -0.174 e. The Labute approximate surface area is 379 Å². The molecule has 0 amide bonds. The quantitative estimate of drug-likeness (QED) is 0.264. The maximum Gasteiger partial charge on any atom is 0.0663 e. The smallest absolute Gasteiger partial charge is 0.0663 e. The van der Waals surface area contributed by atoms with Crippen LogP contribution in [0, 0.1) is 0 Å². The van der Waals surface area contributed by atoms with Crippen molar-refractivity contribution in [2.24, 2.45) is 0 Å². The van der Waals surface area contributed by atoms with E-state index in [-0.39, 0.29) is 0 Å². The van der Waals surface area contributed by atoms with Crippen LogP contribution in [0.15, 0.2) is 125 Å². The first-order valence-corrected chi connectivity index (χ1v) is 29.9. The summed E-state index contributed by atoms with van der Waals surface area (Å²) in [5, 5.41) is 0. The molecule has 0 spiro atoms. The van der Waals surface area contributed by atoms with Gasteiger partial charge in [0.15, 0.2) is 0 Å². The standard InChI is InChI=1S/C36H32S16/c1-39-31-32(40-2)48-28(47-31)13-14-30-51-35-36(52-30)44-20-24-9-5-22(6-10-24)18-42-34-33(41-17-21-3-7-23(8-4-21)19-43-35)49-29(50-34)12-11-27-45-25(15-37)26(16-38)46-27/h3-14,37-38H,15-20H2,1-2H3. The first-order chi connectivity index (χ1) is 25.5. The second kappa shape index (κ2) is 21.3. The highest BCUT2D eigenvalue weighted by Gasteiger charge is 2.25. The van der Waals surface area contributed by atoms with Crippen LogP contribution >= 0.6 is 190 Å². The Balaban J connectivity index is 1.05. The zero-order chi connectivity index (χ0) is 35.9. The van der Waals surface area contributed by atoms with Crippen LogP contribution in [0.1, 0.15) is 22.3 Å². The van der Waals surface area contributed by atoms with Gasteiger partial charge in [-0.25, -0.2) is 0 Å². The Bertz CT molecular complexity index is 1650. The first-order valence-electron chi connectivity index (χ1n) is 15.7. The number of hydrogen-bond acceptors (Lipinski definition) is 16. The van der Waals surface area contributed by atoms with Gasteiger partial charge in [0.05, 0.1) is 38.1 Å². The van der Waals surface area contributed by atoms with Crippen molar-refractivity contribution in [3.8, 4) is 0 Å². The predicted molar refractivity (Wildman–Crippen MR) is 274 cm³/mol. The summed E-state index contributed by atoms with van der Waals surface area (Å²) in [4.78, 5) is 2.67. The van der Waals surface area contributed by atoms with E-state index < -0.39 is 0 Å². The molecular formula is C36H32S16. The third-order valence-electron chi connectivity index (χ3n) is 7.31. The van der Waals surface area contributed by atoms with Gasteiger partial charge in [-0.3, -0.25) is 0 Å². The Hall–Kier alpha value is 1.96. The van der Waals surface area contributed by atoms with E-state index in [0.29, 0.717) is 0 Å². The Kier molecular flexibility index (Phi) is 17.2. The van der Waals surface area contributed by atoms with E-state index in [1.54, 1.807) is 0 Å². The molecule has 0 aliphatic carbocycles. The third kappa shape index (κ3) is 11.6. The Morgan fingerprint density at radius 3 is 0.981 bits per heavy atom. The molecule has 2 aromatic rings. The highest BCUT2D eigenvalue weighted by atomic mass is 32.3. The summed E-state index contributed by atoms with van der Waals surface area (Å²) in [5.41, 5.74) is 5.51. The summed E-state index contributed by atoms with van der Waals surface area (Å²) >= 11 is 36.0. The van der Waals surface area contributed by atoms with Crippen molar-refractivity contribution in [2.45, 2.75) is 23.0 Å². The summed E-state index contributed by atoms with van der Waals surface area (Å²) < 4.78 is 13.9. The van der Waals surface area contributed by atoms with Crippen molar-refractivity contribution in [2.75, 3.05) is 24.0 Å². The van der Waals surface area contributed by atoms with Crippen molar-refractivity contribution in [1.82, 2.24) is 0 Å². The van der Waals surface area contributed by atoms with Crippen LogP contribution in [0.2, 0.25) is 0 Å². The SMILES string of the molecule is CSC1=C(SC)SC(=CC=C2SC3=C(SCc4ccc(cc4)CSC4=C(SCc5ccc(cc5)CS3)SC(=CC=C3SC(CS)=C(CS)S3)S4)S2)S1. The van der Waals surface area contributed by atoms with Gasteiger partial charge in [0.1, 0.15) is 0 Å². The predicted octanol–water partition coefficient (Wildman–Crippen LogP) is 16.8. The van der Waals surface area contributed by atoms with Crippen LogP contribution < -0.4 is 0 Å². The van der Waals surface area contributed by atoms with Crippen LogP contribution in [-0.2, 0) is 23.0 Å². The molecule has 8 heterocycles. The van der Waals surface area contributed by atoms with Gasteiger partial charge in [-0.2, -0.15) is 25.3 Å². The number of thiol groups is 2. The van der Waals surface area contributed by atoms with Crippen molar-refractivity contribution >= 4 is 190 Å². The topological polar surface area (TPSA) is 0 Å². The van der Waals surface area contributed by atoms with Crippen LogP contribution in [0.3, 0.4) is 0 Å². The minimum absolute atomic E-state index is 0.776. The van der Waals surface area contributed by atoms with E-state index in [9.17, 15) is 0 Å². The lowest BCUT2D eigenvalue weighted by Crippen LogP contribution is -1.87. The molecule has 0 aromatic heterocycles. The van der Waals surface area contributed by atoms with E-state index in [4.69, 9.17) is 0 Å². The van der Waals surface area contributed by atoms with E-state index in [1.807, 2.05) is 165 Å². The fourth-order valence-electron chi connectivity index (χ4n) is 4.69. The maximum absolute atomic E-state index is 4.53. The van der Waals surface area contributed by atoms with Gasteiger partial charge >= 0.3 is 0 Å². The number of hydrogen-bond donors (Lipinski definition) is 2. The van der Waals surface area contributed by atoms with Crippen LogP contribution in [0.25, 0.3) is 0 Å². The molecule has 0 nitrogen and oxygen atoms in total. The molecule has 2 aromatic carbocycles. The second-order valence-electron chi connectivity index (χ2n) is 10.8. The summed E-state index contributed by atoms with van der Waals surface area (Å²) in [5.74, 6) is 5.45. The molecule has 272 valence electrons. The number of allylic oxidation sites excluding steroid dienone is 4. The average Bonchev–Trinajstić information content (AvgIpc) is 3.97. The highest BCUT2D eigenvalue weighted by Crippen LogP contribution is 2.61. The number of rotatable bonds is 6. The zero-order valence-electron chi connectivity index (χ0n) is 27.8. The van der Waals surface area contributed by atoms with E-state index in [0.717, 1.165) is 34.5 Å². The van der Waals surface area contributed by atoms with Gasteiger partial charge in [-0.15, -0.1) is 70.6 Å². The average molecular weight is 978 g/mol. The summed E-state index contributed by atoms with van der Waals surface area (Å²) in [6.07, 6.45) is 13.6. The van der Waals surface area contributed by atoms with Crippen molar-refractivity contribution in [3.05, 3.63) is 147 Å². The molecule has 4 bridgehead atoms. The normalized spacial score (nSPS) is 20.1. The summed E-state index contributed by atoms with van der Waals surface area (Å²) in [6, 6.07) is 18.7. The van der Waals surface area contributed by atoms with E-state index in [2.05, 4.69) is 111 Å². The minimum atomic E-state index is 0.776. The van der Waals surface area contributed by atoms with Crippen molar-refractivity contribution < 1.29 is 0 Å². The molecule has 0 atom stereocenters. The lowest BCUT2D eigenvalue weighted by molar-refractivity contribution is 1.35. The molecule has 16 heteroatoms. The third-order valence-corrected chi connectivity index (χ3v) is 27.2. The fourth-order valence-corrected chi connectivity index (χ4v) is 23.9. The molecule has 52 heavy (non-hydrogen) atoms. The Morgan fingerprint density at radius 1 is 0.442 bits per heavy atom. The van der Waals surface area contributed by atoms with Gasteiger partial charge in [0.25, 0.3) is 0 Å². The number of thioether (sulfide) groups is 14. The summed E-state index contributed by atoms with van der Waals surface area (Å²) in [6.45, 7) is 0. The van der Waals surface area contributed by atoms with Crippen molar-refractivity contribution in [1.29, 1.82) is 0 Å². The summed E-state index contributed by atoms with van der Waals surface area (Å²) in [7, 11) is 0.